The maximum atomic E-state index is 12.8. The Bertz CT molecular complexity index is 1020. The summed E-state index contributed by atoms with van der Waals surface area (Å²) in [6.45, 7) is 0.842. The van der Waals surface area contributed by atoms with E-state index >= 15 is 0 Å². The average molecular weight is 418 g/mol. The molecule has 2 aliphatic rings. The maximum Gasteiger partial charge on any atom is 0.240 e. The molecule has 0 radical (unpaired) electrons. The number of fused-ring (bicyclic) bond motifs is 1. The number of carbonyl (C=O) groups is 1. The molecular formula is C20H22N2O6S. The minimum Gasteiger partial charge on any atom is -0.495 e. The minimum absolute atomic E-state index is 0.0442. The molecule has 0 aromatic heterocycles. The number of para-hydroxylation sites is 2. The van der Waals surface area contributed by atoms with E-state index in [1.165, 1.54) is 19.2 Å². The number of ether oxygens (including phenoxy) is 3. The summed E-state index contributed by atoms with van der Waals surface area (Å²) >= 11 is 0. The lowest BCUT2D eigenvalue weighted by Gasteiger charge is -2.26. The Morgan fingerprint density at radius 2 is 2.00 bits per heavy atom. The van der Waals surface area contributed by atoms with Crippen LogP contribution in [0.2, 0.25) is 0 Å². The Morgan fingerprint density at radius 1 is 1.21 bits per heavy atom. The van der Waals surface area contributed by atoms with Crippen LogP contribution in [0.25, 0.3) is 0 Å². The molecule has 0 spiro atoms. The first-order chi connectivity index (χ1) is 14.0. The van der Waals surface area contributed by atoms with Gasteiger partial charge in [0.05, 0.1) is 24.2 Å². The van der Waals surface area contributed by atoms with E-state index in [4.69, 9.17) is 14.2 Å². The summed E-state index contributed by atoms with van der Waals surface area (Å²) in [4.78, 5) is 13.7. The van der Waals surface area contributed by atoms with Crippen molar-refractivity contribution in [1.29, 1.82) is 0 Å². The van der Waals surface area contributed by atoms with Gasteiger partial charge in [-0.2, -0.15) is 0 Å². The first kappa shape index (κ1) is 19.5. The van der Waals surface area contributed by atoms with Gasteiger partial charge in [0.1, 0.15) is 18.5 Å². The summed E-state index contributed by atoms with van der Waals surface area (Å²) < 4.78 is 44.9. The summed E-state index contributed by atoms with van der Waals surface area (Å²) in [7, 11) is -2.32. The second-order valence-corrected chi connectivity index (χ2v) is 8.60. The number of sulfonamides is 1. The fraction of sp³-hybridized carbons (Fsp3) is 0.350. The molecule has 2 heterocycles. The Labute approximate surface area is 169 Å². The first-order valence-corrected chi connectivity index (χ1v) is 10.8. The van der Waals surface area contributed by atoms with Gasteiger partial charge in [0, 0.05) is 13.0 Å². The third-order valence-electron chi connectivity index (χ3n) is 4.89. The van der Waals surface area contributed by atoms with E-state index in [0.717, 1.165) is 6.42 Å². The largest absolute Gasteiger partial charge is 0.495 e. The fourth-order valence-electron chi connectivity index (χ4n) is 3.40. The molecule has 1 N–H and O–H groups in total. The standard InChI is InChI=1S/C20H22N2O6S/c1-26-17-9-8-15(11-16(17)22-10-4-7-20(22)23)29(24,25)21-12-14-13-27-18-5-2-3-6-19(18)28-14/h2-3,5-6,8-9,11,14,21H,4,7,10,12-13H2,1H3/t14-/m0/s1. The topological polar surface area (TPSA) is 94.2 Å². The molecule has 1 fully saturated rings. The number of benzene rings is 2. The van der Waals surface area contributed by atoms with E-state index in [2.05, 4.69) is 4.72 Å². The number of hydrogen-bond acceptors (Lipinski definition) is 6. The molecule has 0 saturated carbocycles. The Kier molecular flexibility index (Phi) is 5.33. The molecule has 0 bridgehead atoms. The molecule has 2 aromatic carbocycles. The van der Waals surface area contributed by atoms with Gasteiger partial charge >= 0.3 is 0 Å². The molecule has 0 aliphatic carbocycles. The third-order valence-corrected chi connectivity index (χ3v) is 6.31. The van der Waals surface area contributed by atoms with Crippen molar-refractivity contribution >= 4 is 21.6 Å². The van der Waals surface area contributed by atoms with Gasteiger partial charge in [0.25, 0.3) is 0 Å². The van der Waals surface area contributed by atoms with Gasteiger partial charge in [-0.1, -0.05) is 12.1 Å². The van der Waals surface area contributed by atoms with E-state index < -0.39 is 16.1 Å². The molecule has 154 valence electrons. The number of amides is 1. The van der Waals surface area contributed by atoms with E-state index in [1.54, 1.807) is 23.1 Å². The smallest absolute Gasteiger partial charge is 0.240 e. The van der Waals surface area contributed by atoms with Gasteiger partial charge in [-0.05, 0) is 36.8 Å². The van der Waals surface area contributed by atoms with Crippen LogP contribution in [0.1, 0.15) is 12.8 Å². The number of nitrogens with one attached hydrogen (secondary N) is 1. The zero-order valence-corrected chi connectivity index (χ0v) is 16.8. The molecule has 9 heteroatoms. The van der Waals surface area contributed by atoms with Crippen LogP contribution in [0.15, 0.2) is 47.4 Å². The second-order valence-electron chi connectivity index (χ2n) is 6.83. The zero-order chi connectivity index (χ0) is 20.4. The highest BCUT2D eigenvalue weighted by atomic mass is 32.2. The van der Waals surface area contributed by atoms with Crippen molar-refractivity contribution in [2.24, 2.45) is 0 Å². The molecular weight excluding hydrogens is 396 g/mol. The van der Waals surface area contributed by atoms with E-state index in [-0.39, 0.29) is 24.0 Å². The Morgan fingerprint density at radius 3 is 2.72 bits per heavy atom. The lowest BCUT2D eigenvalue weighted by Crippen LogP contribution is -2.40. The maximum absolute atomic E-state index is 12.8. The molecule has 2 aliphatic heterocycles. The molecule has 8 nitrogen and oxygen atoms in total. The number of hydrogen-bond donors (Lipinski definition) is 1. The molecule has 2 aromatic rings. The van der Waals surface area contributed by atoms with Gasteiger partial charge < -0.3 is 19.1 Å². The van der Waals surface area contributed by atoms with Crippen LogP contribution >= 0.6 is 0 Å². The van der Waals surface area contributed by atoms with E-state index in [1.807, 2.05) is 12.1 Å². The van der Waals surface area contributed by atoms with Crippen molar-refractivity contribution in [3.63, 3.8) is 0 Å². The second kappa shape index (κ2) is 7.92. The van der Waals surface area contributed by atoms with Crippen LogP contribution in [-0.4, -0.2) is 47.2 Å². The summed E-state index contributed by atoms with van der Waals surface area (Å²) in [5.41, 5.74) is 0.462. The SMILES string of the molecule is COc1ccc(S(=O)(=O)NC[C@H]2COc3ccccc3O2)cc1N1CCCC1=O. The number of methoxy groups -OCH3 is 1. The van der Waals surface area contributed by atoms with Crippen molar-refractivity contribution in [2.75, 3.05) is 31.7 Å². The van der Waals surface area contributed by atoms with Gasteiger partial charge in [-0.25, -0.2) is 13.1 Å². The highest BCUT2D eigenvalue weighted by Crippen LogP contribution is 2.34. The van der Waals surface area contributed by atoms with Gasteiger partial charge in [-0.3, -0.25) is 4.79 Å². The van der Waals surface area contributed by atoms with Gasteiger partial charge in [-0.15, -0.1) is 0 Å². The van der Waals surface area contributed by atoms with Crippen molar-refractivity contribution in [3.8, 4) is 17.2 Å². The predicted molar refractivity (Wildman–Crippen MR) is 106 cm³/mol. The normalized spacial score (nSPS) is 18.7. The van der Waals surface area contributed by atoms with Crippen LogP contribution in [0.5, 0.6) is 17.2 Å². The lowest BCUT2D eigenvalue weighted by atomic mass is 10.2. The number of carbonyl (C=O) groups excluding carboxylic acids is 1. The predicted octanol–water partition coefficient (Wildman–Crippen LogP) is 1.94. The highest BCUT2D eigenvalue weighted by Gasteiger charge is 2.28. The number of anilines is 1. The molecule has 29 heavy (non-hydrogen) atoms. The van der Waals surface area contributed by atoms with E-state index in [0.29, 0.717) is 35.9 Å². The van der Waals surface area contributed by atoms with Crippen molar-refractivity contribution in [2.45, 2.75) is 23.8 Å². The van der Waals surface area contributed by atoms with Crippen molar-refractivity contribution in [1.82, 2.24) is 4.72 Å². The number of nitrogens with zero attached hydrogens (tertiary/aromatic N) is 1. The monoisotopic (exact) mass is 418 g/mol. The minimum atomic E-state index is -3.81. The lowest BCUT2D eigenvalue weighted by molar-refractivity contribution is -0.117. The molecule has 1 atom stereocenters. The summed E-state index contributed by atoms with van der Waals surface area (Å²) in [5, 5.41) is 0. The molecule has 1 saturated heterocycles. The van der Waals surface area contributed by atoms with E-state index in [9.17, 15) is 13.2 Å². The Hall–Kier alpha value is -2.78. The van der Waals surface area contributed by atoms with Crippen molar-refractivity contribution < 1.29 is 27.4 Å². The Balaban J connectivity index is 1.49. The highest BCUT2D eigenvalue weighted by molar-refractivity contribution is 7.89. The molecule has 1 amide bonds. The van der Waals surface area contributed by atoms with Crippen LogP contribution in [0.4, 0.5) is 5.69 Å². The zero-order valence-electron chi connectivity index (χ0n) is 16.0. The van der Waals surface area contributed by atoms with Gasteiger partial charge in [0.2, 0.25) is 15.9 Å². The van der Waals surface area contributed by atoms with Crippen LogP contribution < -0.4 is 23.8 Å². The summed E-state index contributed by atoms with van der Waals surface area (Å²) in [6, 6.07) is 11.7. The van der Waals surface area contributed by atoms with Crippen molar-refractivity contribution in [3.05, 3.63) is 42.5 Å². The van der Waals surface area contributed by atoms with Gasteiger partial charge in [0.15, 0.2) is 11.5 Å². The summed E-state index contributed by atoms with van der Waals surface area (Å²) in [6.07, 6.45) is 0.730. The summed E-state index contributed by atoms with van der Waals surface area (Å²) in [5.74, 6) is 1.64. The quantitative estimate of drug-likeness (QED) is 0.771. The van der Waals surface area contributed by atoms with Crippen LogP contribution in [0, 0.1) is 0 Å². The fourth-order valence-corrected chi connectivity index (χ4v) is 4.49. The molecule has 0 unspecified atom stereocenters. The van der Waals surface area contributed by atoms with Crippen LogP contribution in [-0.2, 0) is 14.8 Å². The first-order valence-electron chi connectivity index (χ1n) is 9.34. The molecule has 4 rings (SSSR count). The van der Waals surface area contributed by atoms with Crippen LogP contribution in [0.3, 0.4) is 0 Å². The number of rotatable bonds is 6. The average Bonchev–Trinajstić information content (AvgIpc) is 3.17. The third kappa shape index (κ3) is 4.01.